The van der Waals surface area contributed by atoms with Gasteiger partial charge in [0.2, 0.25) is 15.9 Å². The summed E-state index contributed by atoms with van der Waals surface area (Å²) in [5.74, 6) is -2.54. The summed E-state index contributed by atoms with van der Waals surface area (Å²) in [6, 6.07) is 5.30. The van der Waals surface area contributed by atoms with Crippen LogP contribution in [0.5, 0.6) is 0 Å². The number of sulfonamides is 1. The van der Waals surface area contributed by atoms with Gasteiger partial charge in [-0.25, -0.2) is 17.9 Å². The molecule has 9 heteroatoms. The van der Waals surface area contributed by atoms with E-state index in [4.69, 9.17) is 15.9 Å². The Morgan fingerprint density at radius 2 is 1.80 bits per heavy atom. The lowest BCUT2D eigenvalue weighted by Gasteiger charge is -2.09. The molecule has 0 saturated carbocycles. The lowest BCUT2D eigenvalue weighted by Crippen LogP contribution is -2.40. The molecule has 0 aliphatic rings. The van der Waals surface area contributed by atoms with E-state index in [9.17, 15) is 18.0 Å². The Morgan fingerprint density at radius 1 is 1.25 bits per heavy atom. The summed E-state index contributed by atoms with van der Waals surface area (Å²) in [6.07, 6.45) is -1.60. The molecule has 1 aromatic carbocycles. The summed E-state index contributed by atoms with van der Waals surface area (Å²) in [5, 5.41) is 17.8. The first-order chi connectivity index (χ1) is 9.21. The fourth-order valence-electron chi connectivity index (χ4n) is 1.32. The van der Waals surface area contributed by atoms with Crippen molar-refractivity contribution < 1.29 is 28.2 Å². The van der Waals surface area contributed by atoms with Crippen LogP contribution in [0.4, 0.5) is 0 Å². The molecule has 0 aromatic heterocycles. The Morgan fingerprint density at radius 3 is 2.25 bits per heavy atom. The minimum atomic E-state index is -3.76. The second kappa shape index (κ2) is 6.46. The van der Waals surface area contributed by atoms with Crippen LogP contribution in [0.25, 0.3) is 0 Å². The second-order valence-corrected chi connectivity index (χ2v) is 5.83. The molecule has 0 fully saturated rings. The second-order valence-electron chi connectivity index (χ2n) is 4.03. The van der Waals surface area contributed by atoms with E-state index in [0.717, 1.165) is 0 Å². The molecule has 1 aromatic rings. The molecule has 0 radical (unpaired) electrons. The zero-order chi connectivity index (χ0) is 15.3. The van der Waals surface area contributed by atoms with E-state index >= 15 is 0 Å². The Bertz CT molecular complexity index is 596. The number of carbonyl (C=O) groups is 2. The minimum absolute atomic E-state index is 0.0447. The van der Waals surface area contributed by atoms with E-state index in [1.807, 2.05) is 4.72 Å². The molecule has 1 amide bonds. The smallest absolute Gasteiger partial charge is 0.335 e. The number of carboxylic acid groups (broad SMARTS) is 1. The molecule has 20 heavy (non-hydrogen) atoms. The highest BCUT2D eigenvalue weighted by molar-refractivity contribution is 7.88. The van der Waals surface area contributed by atoms with Crippen molar-refractivity contribution in [3.8, 4) is 0 Å². The van der Waals surface area contributed by atoms with Crippen molar-refractivity contribution in [2.24, 2.45) is 5.73 Å². The topological polar surface area (TPSA) is 147 Å². The number of nitrogens with one attached hydrogen (secondary N) is 1. The van der Waals surface area contributed by atoms with Crippen LogP contribution in [0.3, 0.4) is 0 Å². The van der Waals surface area contributed by atoms with Gasteiger partial charge < -0.3 is 15.9 Å². The number of primary amides is 1. The maximum absolute atomic E-state index is 11.7. The maximum atomic E-state index is 11.7. The van der Waals surface area contributed by atoms with Gasteiger partial charge in [0.15, 0.2) is 0 Å². The van der Waals surface area contributed by atoms with Crippen LogP contribution < -0.4 is 10.5 Å². The van der Waals surface area contributed by atoms with E-state index in [0.29, 0.717) is 5.56 Å². The van der Waals surface area contributed by atoms with Crippen molar-refractivity contribution in [1.29, 1.82) is 0 Å². The van der Waals surface area contributed by atoms with Gasteiger partial charge in [-0.15, -0.1) is 0 Å². The third-order valence-corrected chi connectivity index (χ3v) is 3.70. The molecule has 8 nitrogen and oxygen atoms in total. The van der Waals surface area contributed by atoms with Gasteiger partial charge in [-0.2, -0.15) is 0 Å². The van der Waals surface area contributed by atoms with E-state index in [-0.39, 0.29) is 5.56 Å². The normalized spacial score (nSPS) is 12.8. The van der Waals surface area contributed by atoms with E-state index in [1.54, 1.807) is 0 Å². The Kier molecular flexibility index (Phi) is 5.19. The molecule has 0 aliphatic heterocycles. The van der Waals surface area contributed by atoms with Crippen molar-refractivity contribution in [1.82, 2.24) is 4.72 Å². The van der Waals surface area contributed by atoms with Crippen LogP contribution >= 0.6 is 0 Å². The SMILES string of the molecule is NC(=O)C(O)CNS(=O)(=O)Cc1ccc(C(=O)O)cc1. The van der Waals surface area contributed by atoms with Crippen LogP contribution in [-0.2, 0) is 20.6 Å². The third kappa shape index (κ3) is 4.96. The van der Waals surface area contributed by atoms with Crippen LogP contribution in [0, 0.1) is 0 Å². The summed E-state index contributed by atoms with van der Waals surface area (Å²) in [5.41, 5.74) is 5.20. The van der Waals surface area contributed by atoms with Crippen molar-refractivity contribution in [3.05, 3.63) is 35.4 Å². The zero-order valence-electron chi connectivity index (χ0n) is 10.3. The first kappa shape index (κ1) is 16.1. The number of nitrogens with two attached hydrogens (primary N) is 1. The molecular weight excluding hydrogens is 288 g/mol. The van der Waals surface area contributed by atoms with Crippen LogP contribution in [0.1, 0.15) is 15.9 Å². The molecule has 5 N–H and O–H groups in total. The van der Waals surface area contributed by atoms with Gasteiger partial charge in [-0.05, 0) is 17.7 Å². The Hall–Kier alpha value is -1.97. The molecular formula is C11H14N2O6S. The van der Waals surface area contributed by atoms with Gasteiger partial charge >= 0.3 is 5.97 Å². The molecule has 0 spiro atoms. The van der Waals surface area contributed by atoms with Gasteiger partial charge in [-0.3, -0.25) is 4.79 Å². The fourth-order valence-corrected chi connectivity index (χ4v) is 2.47. The highest BCUT2D eigenvalue weighted by atomic mass is 32.2. The predicted octanol–water partition coefficient (Wildman–Crippen LogP) is -1.35. The zero-order valence-corrected chi connectivity index (χ0v) is 11.1. The summed E-state index contributed by atoms with van der Waals surface area (Å²) in [4.78, 5) is 21.2. The van der Waals surface area contributed by atoms with Crippen LogP contribution in [0.2, 0.25) is 0 Å². The van der Waals surface area contributed by atoms with E-state index in [2.05, 4.69) is 0 Å². The molecule has 0 heterocycles. The number of aliphatic hydroxyl groups excluding tert-OH is 1. The van der Waals surface area contributed by atoms with Gasteiger partial charge in [0.05, 0.1) is 11.3 Å². The predicted molar refractivity (Wildman–Crippen MR) is 69.2 cm³/mol. The van der Waals surface area contributed by atoms with Crippen LogP contribution in [0.15, 0.2) is 24.3 Å². The number of hydrogen-bond donors (Lipinski definition) is 4. The Labute approximate surface area is 115 Å². The molecule has 1 unspecified atom stereocenters. The molecule has 0 aliphatic carbocycles. The van der Waals surface area contributed by atoms with Crippen LogP contribution in [-0.4, -0.2) is 43.2 Å². The largest absolute Gasteiger partial charge is 0.478 e. The highest BCUT2D eigenvalue weighted by Gasteiger charge is 2.17. The highest BCUT2D eigenvalue weighted by Crippen LogP contribution is 2.08. The standard InChI is InChI=1S/C11H14N2O6S/c12-10(15)9(14)5-13-20(18,19)6-7-1-3-8(4-2-7)11(16)17/h1-4,9,13-14H,5-6H2,(H2,12,15)(H,16,17). The summed E-state index contributed by atoms with van der Waals surface area (Å²) in [6.45, 7) is -0.509. The van der Waals surface area contributed by atoms with Crippen molar-refractivity contribution >= 4 is 21.9 Å². The number of amides is 1. The molecule has 0 bridgehead atoms. The average Bonchev–Trinajstić information content (AvgIpc) is 2.36. The first-order valence-corrected chi connectivity index (χ1v) is 7.13. The first-order valence-electron chi connectivity index (χ1n) is 5.48. The number of carboxylic acids is 1. The maximum Gasteiger partial charge on any atom is 0.335 e. The number of hydrogen-bond acceptors (Lipinski definition) is 5. The molecule has 0 saturated heterocycles. The van der Waals surface area contributed by atoms with E-state index < -0.39 is 40.3 Å². The minimum Gasteiger partial charge on any atom is -0.478 e. The van der Waals surface area contributed by atoms with E-state index in [1.165, 1.54) is 24.3 Å². The molecule has 1 rings (SSSR count). The summed E-state index contributed by atoms with van der Waals surface area (Å²) < 4.78 is 25.3. The number of rotatable bonds is 7. The average molecular weight is 302 g/mol. The van der Waals surface area contributed by atoms with Gasteiger partial charge in [0.1, 0.15) is 6.10 Å². The van der Waals surface area contributed by atoms with Crippen molar-refractivity contribution in [2.45, 2.75) is 11.9 Å². The van der Waals surface area contributed by atoms with Crippen molar-refractivity contribution in [2.75, 3.05) is 6.54 Å². The summed E-state index contributed by atoms with van der Waals surface area (Å²) in [7, 11) is -3.76. The number of carbonyl (C=O) groups excluding carboxylic acids is 1. The quantitative estimate of drug-likeness (QED) is 0.489. The molecule has 110 valence electrons. The van der Waals surface area contributed by atoms with Crippen molar-refractivity contribution in [3.63, 3.8) is 0 Å². The lowest BCUT2D eigenvalue weighted by molar-refractivity contribution is -0.125. The Balaban J connectivity index is 2.66. The number of aliphatic hydroxyl groups is 1. The van der Waals surface area contributed by atoms with Gasteiger partial charge in [0, 0.05) is 6.54 Å². The monoisotopic (exact) mass is 302 g/mol. The lowest BCUT2D eigenvalue weighted by atomic mass is 10.1. The van der Waals surface area contributed by atoms with Gasteiger partial charge in [-0.1, -0.05) is 12.1 Å². The number of aromatic carboxylic acids is 1. The molecule has 1 atom stereocenters. The summed E-state index contributed by atoms with van der Waals surface area (Å²) >= 11 is 0. The van der Waals surface area contributed by atoms with Gasteiger partial charge in [0.25, 0.3) is 0 Å². The number of benzene rings is 1. The third-order valence-electron chi connectivity index (χ3n) is 2.38. The fraction of sp³-hybridized carbons (Fsp3) is 0.273.